The van der Waals surface area contributed by atoms with Gasteiger partial charge in [0, 0.05) is 24.8 Å². The van der Waals surface area contributed by atoms with E-state index in [-0.39, 0.29) is 6.61 Å². The molecule has 1 aromatic heterocycles. The van der Waals surface area contributed by atoms with Crippen LogP contribution >= 0.6 is 0 Å². The minimum absolute atomic E-state index is 0.275. The molecule has 3 rings (SSSR count). The molecule has 0 saturated carbocycles. The zero-order valence-electron chi connectivity index (χ0n) is 14.3. The summed E-state index contributed by atoms with van der Waals surface area (Å²) in [6.45, 7) is 1.52. The molecule has 0 amide bonds. The van der Waals surface area contributed by atoms with Crippen LogP contribution in [0.2, 0.25) is 0 Å². The van der Waals surface area contributed by atoms with Crippen LogP contribution in [-0.4, -0.2) is 46.1 Å². The van der Waals surface area contributed by atoms with E-state index in [0.717, 1.165) is 23.5 Å². The molecule has 1 unspecified atom stereocenters. The maximum absolute atomic E-state index is 10.2. The fourth-order valence-corrected chi connectivity index (χ4v) is 2.66. The zero-order chi connectivity index (χ0) is 17.5. The molecule has 5 heteroatoms. The van der Waals surface area contributed by atoms with E-state index in [1.165, 1.54) is 0 Å². The zero-order valence-corrected chi connectivity index (χ0v) is 14.3. The van der Waals surface area contributed by atoms with Crippen LogP contribution in [0.1, 0.15) is 5.56 Å². The lowest BCUT2D eigenvalue weighted by molar-refractivity contribution is 0.0744. The van der Waals surface area contributed by atoms with Gasteiger partial charge < -0.3 is 9.84 Å². The highest BCUT2D eigenvalue weighted by Gasteiger charge is 2.11. The average Bonchev–Trinajstić information content (AvgIpc) is 3.10. The number of hydrogen-bond donors (Lipinski definition) is 1. The maximum atomic E-state index is 10.2. The number of aromatic nitrogens is 2. The summed E-state index contributed by atoms with van der Waals surface area (Å²) in [6.07, 6.45) is 3.32. The van der Waals surface area contributed by atoms with Gasteiger partial charge >= 0.3 is 0 Å². The van der Waals surface area contributed by atoms with Gasteiger partial charge in [0.15, 0.2) is 0 Å². The second-order valence-corrected chi connectivity index (χ2v) is 6.10. The lowest BCUT2D eigenvalue weighted by Crippen LogP contribution is -2.32. The van der Waals surface area contributed by atoms with Gasteiger partial charge in [0.25, 0.3) is 0 Å². The molecular formula is C20H23N3O2. The molecule has 0 spiro atoms. The smallest absolute Gasteiger partial charge is 0.119 e. The Kier molecular flexibility index (Phi) is 5.82. The number of likely N-dealkylation sites (N-methyl/N-ethyl adjacent to an activating group) is 1. The lowest BCUT2D eigenvalue weighted by atomic mass is 10.3. The van der Waals surface area contributed by atoms with Crippen molar-refractivity contribution in [1.82, 2.24) is 14.7 Å². The molecule has 1 atom stereocenters. The molecule has 0 fully saturated rings. The summed E-state index contributed by atoms with van der Waals surface area (Å²) in [5, 5.41) is 14.6. The van der Waals surface area contributed by atoms with Crippen LogP contribution in [0, 0.1) is 0 Å². The summed E-state index contributed by atoms with van der Waals surface area (Å²) in [6, 6.07) is 19.5. The minimum atomic E-state index is -0.547. The highest BCUT2D eigenvalue weighted by Crippen LogP contribution is 2.11. The van der Waals surface area contributed by atoms with E-state index >= 15 is 0 Å². The van der Waals surface area contributed by atoms with Crippen LogP contribution < -0.4 is 4.74 Å². The molecule has 0 aliphatic carbocycles. The van der Waals surface area contributed by atoms with E-state index in [0.29, 0.717) is 6.54 Å². The van der Waals surface area contributed by atoms with Crippen molar-refractivity contribution in [2.24, 2.45) is 0 Å². The summed E-state index contributed by atoms with van der Waals surface area (Å²) in [5.74, 6) is 0.772. The van der Waals surface area contributed by atoms with Crippen molar-refractivity contribution in [3.63, 3.8) is 0 Å². The van der Waals surface area contributed by atoms with E-state index < -0.39 is 6.10 Å². The van der Waals surface area contributed by atoms with E-state index in [4.69, 9.17) is 4.74 Å². The van der Waals surface area contributed by atoms with Crippen molar-refractivity contribution >= 4 is 0 Å². The Balaban J connectivity index is 1.47. The van der Waals surface area contributed by atoms with Gasteiger partial charge in [-0.05, 0) is 31.3 Å². The van der Waals surface area contributed by atoms with Crippen LogP contribution in [0.15, 0.2) is 73.1 Å². The average molecular weight is 337 g/mol. The standard InChI is InChI=1S/C20H23N3O2/c1-22(15-19(24)16-25-20-10-6-3-7-11-20)13-17-12-21-23(14-17)18-8-4-2-5-9-18/h2-12,14,19,24H,13,15-16H2,1H3. The minimum Gasteiger partial charge on any atom is -0.491 e. The molecule has 3 aromatic rings. The molecule has 1 N–H and O–H groups in total. The molecule has 25 heavy (non-hydrogen) atoms. The third-order valence-corrected chi connectivity index (χ3v) is 3.82. The monoisotopic (exact) mass is 337 g/mol. The van der Waals surface area contributed by atoms with Crippen LogP contribution in [0.25, 0.3) is 5.69 Å². The van der Waals surface area contributed by atoms with Crippen molar-refractivity contribution in [3.8, 4) is 11.4 Å². The lowest BCUT2D eigenvalue weighted by Gasteiger charge is -2.20. The van der Waals surface area contributed by atoms with Gasteiger partial charge in [-0.2, -0.15) is 5.10 Å². The molecule has 2 aromatic carbocycles. The predicted molar refractivity (Wildman–Crippen MR) is 97.8 cm³/mol. The Hall–Kier alpha value is -2.63. The van der Waals surface area contributed by atoms with Gasteiger partial charge in [0.05, 0.1) is 11.9 Å². The Bertz CT molecular complexity index is 759. The number of aliphatic hydroxyl groups excluding tert-OH is 1. The van der Waals surface area contributed by atoms with Gasteiger partial charge in [-0.3, -0.25) is 4.90 Å². The van der Waals surface area contributed by atoms with Crippen LogP contribution in [-0.2, 0) is 6.54 Å². The molecule has 130 valence electrons. The van der Waals surface area contributed by atoms with Gasteiger partial charge in [-0.1, -0.05) is 36.4 Å². The fraction of sp³-hybridized carbons (Fsp3) is 0.250. The summed E-state index contributed by atoms with van der Waals surface area (Å²) < 4.78 is 7.45. The van der Waals surface area contributed by atoms with Crippen LogP contribution in [0.3, 0.4) is 0 Å². The number of rotatable bonds is 8. The summed E-state index contributed by atoms with van der Waals surface area (Å²) in [5.41, 5.74) is 2.13. The summed E-state index contributed by atoms with van der Waals surface area (Å²) in [7, 11) is 1.98. The van der Waals surface area contributed by atoms with Crippen LogP contribution in [0.4, 0.5) is 0 Å². The number of ether oxygens (including phenoxy) is 1. The van der Waals surface area contributed by atoms with E-state index in [1.54, 1.807) is 0 Å². The second kappa shape index (κ2) is 8.46. The maximum Gasteiger partial charge on any atom is 0.119 e. The number of aliphatic hydroxyl groups is 1. The molecule has 0 aliphatic rings. The van der Waals surface area contributed by atoms with Gasteiger partial charge in [0.2, 0.25) is 0 Å². The van der Waals surface area contributed by atoms with E-state index in [9.17, 15) is 5.11 Å². The van der Waals surface area contributed by atoms with Crippen molar-refractivity contribution in [1.29, 1.82) is 0 Å². The van der Waals surface area contributed by atoms with Gasteiger partial charge in [0.1, 0.15) is 18.5 Å². The Morgan fingerprint density at radius 1 is 1.08 bits per heavy atom. The molecule has 0 radical (unpaired) electrons. The number of benzene rings is 2. The Morgan fingerprint density at radius 2 is 1.76 bits per heavy atom. The Labute approximate surface area is 148 Å². The van der Waals surface area contributed by atoms with Crippen LogP contribution in [0.5, 0.6) is 5.75 Å². The number of nitrogens with zero attached hydrogens (tertiary/aromatic N) is 3. The van der Waals surface area contributed by atoms with Crippen molar-refractivity contribution < 1.29 is 9.84 Å². The number of para-hydroxylation sites is 2. The predicted octanol–water partition coefficient (Wildman–Crippen LogP) is 2.74. The first-order valence-corrected chi connectivity index (χ1v) is 8.34. The quantitative estimate of drug-likeness (QED) is 0.687. The molecule has 1 heterocycles. The first-order chi connectivity index (χ1) is 12.2. The van der Waals surface area contributed by atoms with E-state index in [2.05, 4.69) is 10.00 Å². The normalized spacial score (nSPS) is 12.3. The van der Waals surface area contributed by atoms with Crippen molar-refractivity contribution in [3.05, 3.63) is 78.6 Å². The number of hydrogen-bond acceptors (Lipinski definition) is 4. The molecule has 0 saturated heterocycles. The third-order valence-electron chi connectivity index (χ3n) is 3.82. The second-order valence-electron chi connectivity index (χ2n) is 6.10. The first-order valence-electron chi connectivity index (χ1n) is 8.34. The van der Waals surface area contributed by atoms with E-state index in [1.807, 2.05) is 84.8 Å². The fourth-order valence-electron chi connectivity index (χ4n) is 2.66. The summed E-state index contributed by atoms with van der Waals surface area (Å²) >= 11 is 0. The topological polar surface area (TPSA) is 50.5 Å². The third kappa shape index (κ3) is 5.17. The van der Waals surface area contributed by atoms with Crippen molar-refractivity contribution in [2.75, 3.05) is 20.2 Å². The Morgan fingerprint density at radius 3 is 2.48 bits per heavy atom. The highest BCUT2D eigenvalue weighted by atomic mass is 16.5. The summed E-state index contributed by atoms with van der Waals surface area (Å²) in [4.78, 5) is 2.06. The largest absolute Gasteiger partial charge is 0.491 e. The first kappa shape index (κ1) is 17.2. The van der Waals surface area contributed by atoms with Gasteiger partial charge in [-0.15, -0.1) is 0 Å². The molecule has 5 nitrogen and oxygen atoms in total. The van der Waals surface area contributed by atoms with Gasteiger partial charge in [-0.25, -0.2) is 4.68 Å². The molecule has 0 bridgehead atoms. The molecular weight excluding hydrogens is 314 g/mol. The SMILES string of the molecule is CN(Cc1cnn(-c2ccccc2)c1)CC(O)COc1ccccc1. The molecule has 0 aliphatic heterocycles. The highest BCUT2D eigenvalue weighted by molar-refractivity contribution is 5.30. The van der Waals surface area contributed by atoms with Crippen molar-refractivity contribution in [2.45, 2.75) is 12.6 Å².